The van der Waals surface area contributed by atoms with Crippen LogP contribution < -0.4 is 14.8 Å². The fourth-order valence-electron chi connectivity index (χ4n) is 3.70. The van der Waals surface area contributed by atoms with Crippen molar-refractivity contribution < 1.29 is 27.1 Å². The Balaban J connectivity index is 2.03. The van der Waals surface area contributed by atoms with E-state index >= 15 is 0 Å². The van der Waals surface area contributed by atoms with Crippen LogP contribution in [0.25, 0.3) is 0 Å². The minimum Gasteiger partial charge on any atom is -0.486 e. The highest BCUT2D eigenvalue weighted by atomic mass is 35.5. The van der Waals surface area contributed by atoms with Crippen LogP contribution in [0.2, 0.25) is 5.02 Å². The smallest absolute Gasteiger partial charge is 0.310 e. The number of hydrogen-bond donors (Lipinski definition) is 1. The molecule has 3 rings (SSSR count). The quantitative estimate of drug-likeness (QED) is 0.574. The number of fused-ring (bicyclic) bond motifs is 1. The SMILES string of the molecule is CC(C)(N)C[C@H]1CN(S(=O)(=O)c2ccc(F)c(Cl)c2)c2cc(CC(=O)OC(C)(C)C)ccc2O1. The number of nitrogens with zero attached hydrogens (tertiary/aromatic N) is 1. The molecule has 0 saturated carbocycles. The molecule has 2 aromatic carbocycles. The molecule has 1 atom stereocenters. The molecular weight excluding hydrogens is 483 g/mol. The first-order valence-electron chi connectivity index (χ1n) is 10.8. The van der Waals surface area contributed by atoms with E-state index in [1.165, 1.54) is 4.31 Å². The summed E-state index contributed by atoms with van der Waals surface area (Å²) < 4.78 is 53.6. The number of carbonyl (C=O) groups is 1. The van der Waals surface area contributed by atoms with E-state index in [0.717, 1.165) is 18.2 Å². The van der Waals surface area contributed by atoms with Gasteiger partial charge in [0.25, 0.3) is 10.0 Å². The standard InChI is InChI=1S/C24H30ClFN2O5S/c1-23(2,3)33-22(29)11-15-6-9-21-20(10-15)28(14-16(32-21)13-24(4,5)27)34(30,31)17-7-8-19(26)18(25)12-17/h6-10,12,16H,11,13-14,27H2,1-5H3/t16-/m0/s1. The second kappa shape index (κ2) is 9.36. The molecule has 2 N–H and O–H groups in total. The average Bonchev–Trinajstić information content (AvgIpc) is 2.66. The van der Waals surface area contributed by atoms with E-state index in [9.17, 15) is 17.6 Å². The molecule has 1 heterocycles. The van der Waals surface area contributed by atoms with E-state index in [-0.39, 0.29) is 28.6 Å². The number of ether oxygens (including phenoxy) is 2. The van der Waals surface area contributed by atoms with Gasteiger partial charge in [-0.25, -0.2) is 12.8 Å². The monoisotopic (exact) mass is 512 g/mol. The third-order valence-corrected chi connectivity index (χ3v) is 7.02. The zero-order chi connectivity index (χ0) is 25.5. The lowest BCUT2D eigenvalue weighted by molar-refractivity contribution is -0.153. The normalized spacial score (nSPS) is 16.6. The molecule has 0 aliphatic carbocycles. The molecule has 0 bridgehead atoms. The summed E-state index contributed by atoms with van der Waals surface area (Å²) in [6.45, 7) is 8.95. The number of sulfonamides is 1. The predicted octanol–water partition coefficient (Wildman–Crippen LogP) is 4.45. The summed E-state index contributed by atoms with van der Waals surface area (Å²) in [4.78, 5) is 12.2. The molecule has 0 spiro atoms. The van der Waals surface area contributed by atoms with Crippen molar-refractivity contribution in [1.29, 1.82) is 0 Å². The van der Waals surface area contributed by atoms with Crippen molar-refractivity contribution in [3.8, 4) is 5.75 Å². The third-order valence-electron chi connectivity index (χ3n) is 4.96. The van der Waals surface area contributed by atoms with E-state index in [1.807, 2.05) is 13.8 Å². The van der Waals surface area contributed by atoms with Crippen LogP contribution in [-0.2, 0) is 26.0 Å². The lowest BCUT2D eigenvalue weighted by Crippen LogP contribution is -2.48. The van der Waals surface area contributed by atoms with Gasteiger partial charge >= 0.3 is 5.97 Å². The summed E-state index contributed by atoms with van der Waals surface area (Å²) in [5.74, 6) is -0.817. The Bertz CT molecular complexity index is 1190. The molecule has 0 radical (unpaired) electrons. The second-order valence-corrected chi connectivity index (χ2v) is 12.4. The summed E-state index contributed by atoms with van der Waals surface area (Å²) in [5, 5.41) is -0.298. The fourth-order valence-corrected chi connectivity index (χ4v) is 5.47. The van der Waals surface area contributed by atoms with Crippen molar-refractivity contribution >= 4 is 33.3 Å². The molecular formula is C24H30ClFN2O5S. The number of hydrogen-bond acceptors (Lipinski definition) is 6. The van der Waals surface area contributed by atoms with Gasteiger partial charge < -0.3 is 15.2 Å². The minimum absolute atomic E-state index is 0.0130. The Morgan fingerprint density at radius 1 is 1.21 bits per heavy atom. The maximum atomic E-state index is 13.7. The van der Waals surface area contributed by atoms with Crippen molar-refractivity contribution in [2.45, 2.75) is 69.6 Å². The summed E-state index contributed by atoms with van der Waals surface area (Å²) in [6.07, 6.45) is -0.169. The second-order valence-electron chi connectivity index (χ2n) is 10.1. The van der Waals surface area contributed by atoms with Gasteiger partial charge in [-0.1, -0.05) is 17.7 Å². The summed E-state index contributed by atoms with van der Waals surface area (Å²) in [6, 6.07) is 8.16. The number of anilines is 1. The molecule has 10 heteroatoms. The van der Waals surface area contributed by atoms with E-state index < -0.39 is 39.1 Å². The van der Waals surface area contributed by atoms with Gasteiger partial charge in [-0.15, -0.1) is 0 Å². The molecule has 0 amide bonds. The molecule has 7 nitrogen and oxygen atoms in total. The van der Waals surface area contributed by atoms with Gasteiger partial charge in [-0.2, -0.15) is 0 Å². The molecule has 0 unspecified atom stereocenters. The van der Waals surface area contributed by atoms with Crippen molar-refractivity contribution in [3.05, 3.63) is 52.8 Å². The molecule has 0 fully saturated rings. The summed E-state index contributed by atoms with van der Waals surface area (Å²) >= 11 is 5.86. The molecule has 186 valence electrons. The molecule has 2 aromatic rings. The van der Waals surface area contributed by atoms with Crippen LogP contribution >= 0.6 is 11.6 Å². The molecule has 34 heavy (non-hydrogen) atoms. The number of benzene rings is 2. The Hall–Kier alpha value is -2.36. The maximum Gasteiger partial charge on any atom is 0.310 e. The first-order chi connectivity index (χ1) is 15.5. The van der Waals surface area contributed by atoms with Gasteiger partial charge in [0.15, 0.2) is 0 Å². The van der Waals surface area contributed by atoms with Crippen LogP contribution in [0.15, 0.2) is 41.3 Å². The lowest BCUT2D eigenvalue weighted by Gasteiger charge is -2.38. The Morgan fingerprint density at radius 2 is 1.88 bits per heavy atom. The average molecular weight is 513 g/mol. The van der Waals surface area contributed by atoms with Gasteiger partial charge in [0.2, 0.25) is 0 Å². The number of rotatable bonds is 6. The van der Waals surface area contributed by atoms with Gasteiger partial charge in [0.05, 0.1) is 28.6 Å². The first kappa shape index (κ1) is 26.2. The summed E-state index contributed by atoms with van der Waals surface area (Å²) in [7, 11) is -4.13. The van der Waals surface area contributed by atoms with Crippen LogP contribution in [0, 0.1) is 5.82 Å². The van der Waals surface area contributed by atoms with E-state index in [1.54, 1.807) is 39.0 Å². The maximum absolute atomic E-state index is 13.7. The topological polar surface area (TPSA) is 98.9 Å². The third kappa shape index (κ3) is 6.40. The van der Waals surface area contributed by atoms with E-state index in [4.69, 9.17) is 26.8 Å². The van der Waals surface area contributed by atoms with Crippen LogP contribution in [0.4, 0.5) is 10.1 Å². The van der Waals surface area contributed by atoms with Crippen molar-refractivity contribution in [3.63, 3.8) is 0 Å². The Morgan fingerprint density at radius 3 is 2.47 bits per heavy atom. The number of carbonyl (C=O) groups excluding carboxylic acids is 1. The van der Waals surface area contributed by atoms with E-state index in [2.05, 4.69) is 0 Å². The lowest BCUT2D eigenvalue weighted by atomic mass is 9.97. The van der Waals surface area contributed by atoms with Crippen molar-refractivity contribution in [2.24, 2.45) is 5.73 Å². The van der Waals surface area contributed by atoms with Crippen LogP contribution in [0.1, 0.15) is 46.6 Å². The van der Waals surface area contributed by atoms with Crippen molar-refractivity contribution in [1.82, 2.24) is 0 Å². The van der Waals surface area contributed by atoms with Gasteiger partial charge in [-0.05, 0) is 70.5 Å². The Labute approximate surface area is 205 Å². The van der Waals surface area contributed by atoms with Crippen LogP contribution in [0.5, 0.6) is 5.75 Å². The van der Waals surface area contributed by atoms with Crippen LogP contribution in [-0.4, -0.2) is 38.2 Å². The zero-order valence-corrected chi connectivity index (χ0v) is 21.5. The number of esters is 1. The highest BCUT2D eigenvalue weighted by Crippen LogP contribution is 2.39. The highest BCUT2D eigenvalue weighted by molar-refractivity contribution is 7.92. The van der Waals surface area contributed by atoms with Crippen LogP contribution in [0.3, 0.4) is 0 Å². The van der Waals surface area contributed by atoms with Gasteiger partial charge in [-0.3, -0.25) is 9.10 Å². The Kier molecular flexibility index (Phi) is 7.22. The molecule has 0 saturated heterocycles. The molecule has 1 aliphatic rings. The number of halogens is 2. The summed E-state index contributed by atoms with van der Waals surface area (Å²) in [5.41, 5.74) is 5.74. The van der Waals surface area contributed by atoms with Gasteiger partial charge in [0, 0.05) is 12.0 Å². The fraction of sp³-hybridized carbons (Fsp3) is 0.458. The highest BCUT2D eigenvalue weighted by Gasteiger charge is 2.37. The van der Waals surface area contributed by atoms with E-state index in [0.29, 0.717) is 17.7 Å². The van der Waals surface area contributed by atoms with Gasteiger partial charge in [0.1, 0.15) is 23.3 Å². The first-order valence-corrected chi connectivity index (χ1v) is 12.6. The number of nitrogens with two attached hydrogens (primary N) is 1. The van der Waals surface area contributed by atoms with Crippen molar-refractivity contribution in [2.75, 3.05) is 10.8 Å². The zero-order valence-electron chi connectivity index (χ0n) is 19.9. The molecule has 0 aromatic heterocycles. The predicted molar refractivity (Wildman–Crippen MR) is 129 cm³/mol. The minimum atomic E-state index is -4.13. The largest absolute Gasteiger partial charge is 0.486 e. The molecule has 1 aliphatic heterocycles.